The van der Waals surface area contributed by atoms with Crippen LogP contribution in [0.5, 0.6) is 11.5 Å². The van der Waals surface area contributed by atoms with Gasteiger partial charge in [-0.2, -0.15) is 0 Å². The molecule has 1 rings (SSSR count). The summed E-state index contributed by atoms with van der Waals surface area (Å²) in [5, 5.41) is 12.0. The van der Waals surface area contributed by atoms with Crippen LogP contribution in [0.15, 0.2) is 24.3 Å². The summed E-state index contributed by atoms with van der Waals surface area (Å²) in [5.74, 6) is 0.822. The lowest BCUT2D eigenvalue weighted by molar-refractivity contribution is -0.125. The molecule has 0 saturated carbocycles. The molecule has 19 heavy (non-hydrogen) atoms. The third kappa shape index (κ3) is 4.44. The summed E-state index contributed by atoms with van der Waals surface area (Å²) < 4.78 is 10.5. The molecule has 0 heterocycles. The molecule has 0 bridgehead atoms. The van der Waals surface area contributed by atoms with Gasteiger partial charge in [0.1, 0.15) is 0 Å². The Morgan fingerprint density at radius 2 is 2.00 bits per heavy atom. The largest absolute Gasteiger partial charge is 0.493 e. The van der Waals surface area contributed by atoms with Gasteiger partial charge in [0.05, 0.1) is 19.3 Å². The van der Waals surface area contributed by atoms with E-state index in [9.17, 15) is 9.90 Å². The van der Waals surface area contributed by atoms with Gasteiger partial charge in [0.2, 0.25) is 0 Å². The highest BCUT2D eigenvalue weighted by Crippen LogP contribution is 2.25. The summed E-state index contributed by atoms with van der Waals surface area (Å²) in [7, 11) is 1.54. The Bertz CT molecular complexity index is 416. The lowest BCUT2D eigenvalue weighted by atomic mass is 10.0. The smallest absolute Gasteiger partial charge is 0.258 e. The first-order chi connectivity index (χ1) is 9.04. The maximum Gasteiger partial charge on any atom is 0.258 e. The SMILES string of the molecule is CCC(C)(CO)NC(=O)COc1ccccc1OC. The highest BCUT2D eigenvalue weighted by Gasteiger charge is 2.23. The van der Waals surface area contributed by atoms with Gasteiger partial charge in [0, 0.05) is 0 Å². The molecule has 5 heteroatoms. The summed E-state index contributed by atoms with van der Waals surface area (Å²) in [6.07, 6.45) is 0.643. The van der Waals surface area contributed by atoms with Crippen LogP contribution in [0.4, 0.5) is 0 Å². The molecule has 0 fully saturated rings. The number of rotatable bonds is 7. The highest BCUT2D eigenvalue weighted by molar-refractivity contribution is 5.78. The van der Waals surface area contributed by atoms with Gasteiger partial charge in [-0.1, -0.05) is 19.1 Å². The van der Waals surface area contributed by atoms with Crippen molar-refractivity contribution in [2.24, 2.45) is 0 Å². The first kappa shape index (κ1) is 15.3. The van der Waals surface area contributed by atoms with Crippen LogP contribution < -0.4 is 14.8 Å². The van der Waals surface area contributed by atoms with E-state index < -0.39 is 5.54 Å². The minimum Gasteiger partial charge on any atom is -0.493 e. The molecule has 1 atom stereocenters. The Labute approximate surface area is 113 Å². The molecule has 2 N–H and O–H groups in total. The van der Waals surface area contributed by atoms with Crippen LogP contribution in [0.3, 0.4) is 0 Å². The van der Waals surface area contributed by atoms with E-state index in [4.69, 9.17) is 9.47 Å². The number of benzene rings is 1. The molecule has 1 amide bonds. The van der Waals surface area contributed by atoms with E-state index in [1.165, 1.54) is 0 Å². The van der Waals surface area contributed by atoms with Crippen molar-refractivity contribution in [2.45, 2.75) is 25.8 Å². The molecular formula is C14H21NO4. The molecular weight excluding hydrogens is 246 g/mol. The molecule has 1 aromatic carbocycles. The van der Waals surface area contributed by atoms with Crippen molar-refractivity contribution in [2.75, 3.05) is 20.3 Å². The Balaban J connectivity index is 2.55. The Morgan fingerprint density at radius 1 is 1.37 bits per heavy atom. The maximum atomic E-state index is 11.8. The van der Waals surface area contributed by atoms with Gasteiger partial charge in [0.25, 0.3) is 5.91 Å². The normalized spacial score (nSPS) is 13.5. The van der Waals surface area contributed by atoms with E-state index >= 15 is 0 Å². The number of hydrogen-bond acceptors (Lipinski definition) is 4. The summed E-state index contributed by atoms with van der Waals surface area (Å²) in [5.41, 5.74) is -0.610. The Hall–Kier alpha value is -1.75. The number of hydrogen-bond donors (Lipinski definition) is 2. The number of carbonyl (C=O) groups is 1. The fourth-order valence-corrected chi connectivity index (χ4v) is 1.49. The molecule has 106 valence electrons. The van der Waals surface area contributed by atoms with Crippen LogP contribution in [0.25, 0.3) is 0 Å². The molecule has 0 aromatic heterocycles. The Kier molecular flexibility index (Phi) is 5.63. The molecule has 0 saturated heterocycles. The second-order valence-electron chi connectivity index (χ2n) is 4.56. The number of methoxy groups -OCH3 is 1. The number of aliphatic hydroxyl groups excluding tert-OH is 1. The number of nitrogens with one attached hydrogen (secondary N) is 1. The van der Waals surface area contributed by atoms with Crippen LogP contribution in [0, 0.1) is 0 Å². The van der Waals surface area contributed by atoms with Crippen LogP contribution >= 0.6 is 0 Å². The van der Waals surface area contributed by atoms with Crippen LogP contribution in [0.1, 0.15) is 20.3 Å². The third-order valence-corrected chi connectivity index (χ3v) is 3.00. The number of carbonyl (C=O) groups excluding carboxylic acids is 1. The van der Waals surface area contributed by atoms with E-state index in [1.807, 2.05) is 13.0 Å². The number of ether oxygens (including phenoxy) is 2. The predicted octanol–water partition coefficient (Wildman–Crippen LogP) is 1.35. The van der Waals surface area contributed by atoms with Gasteiger partial charge < -0.3 is 19.9 Å². The van der Waals surface area contributed by atoms with Gasteiger partial charge in [-0.25, -0.2) is 0 Å². The second kappa shape index (κ2) is 6.99. The van der Waals surface area contributed by atoms with Crippen LogP contribution in [-0.4, -0.2) is 36.9 Å². The molecule has 0 spiro atoms. The van der Waals surface area contributed by atoms with Gasteiger partial charge in [-0.15, -0.1) is 0 Å². The first-order valence-electron chi connectivity index (χ1n) is 6.22. The zero-order valence-corrected chi connectivity index (χ0v) is 11.6. The van der Waals surface area contributed by atoms with Crippen molar-refractivity contribution in [1.82, 2.24) is 5.32 Å². The molecule has 0 aliphatic rings. The summed E-state index contributed by atoms with van der Waals surface area (Å²) in [4.78, 5) is 11.8. The number of amides is 1. The molecule has 5 nitrogen and oxygen atoms in total. The lowest BCUT2D eigenvalue weighted by Gasteiger charge is -2.27. The topological polar surface area (TPSA) is 67.8 Å². The van der Waals surface area contributed by atoms with Crippen molar-refractivity contribution in [3.8, 4) is 11.5 Å². The van der Waals surface area contributed by atoms with E-state index in [1.54, 1.807) is 32.2 Å². The number of aliphatic hydroxyl groups is 1. The zero-order valence-electron chi connectivity index (χ0n) is 11.6. The van der Waals surface area contributed by atoms with Gasteiger partial charge in [-0.3, -0.25) is 4.79 Å². The molecule has 0 radical (unpaired) electrons. The minimum atomic E-state index is -0.610. The molecule has 0 aliphatic heterocycles. The zero-order chi connectivity index (χ0) is 14.3. The standard InChI is InChI=1S/C14H21NO4/c1-4-14(2,10-16)15-13(17)9-19-12-8-6-5-7-11(12)18-3/h5-8,16H,4,9-10H2,1-3H3,(H,15,17). The minimum absolute atomic E-state index is 0.107. The van der Waals surface area contributed by atoms with Crippen molar-refractivity contribution >= 4 is 5.91 Å². The number of para-hydroxylation sites is 2. The van der Waals surface area contributed by atoms with E-state index in [2.05, 4.69) is 5.32 Å². The summed E-state index contributed by atoms with van der Waals surface area (Å²) in [6.45, 7) is 3.46. The van der Waals surface area contributed by atoms with Crippen molar-refractivity contribution < 1.29 is 19.4 Å². The third-order valence-electron chi connectivity index (χ3n) is 3.00. The summed E-state index contributed by atoms with van der Waals surface area (Å²) in [6, 6.07) is 7.12. The van der Waals surface area contributed by atoms with Crippen molar-refractivity contribution in [3.63, 3.8) is 0 Å². The Morgan fingerprint density at radius 3 is 2.53 bits per heavy atom. The van der Waals surface area contributed by atoms with Gasteiger partial charge >= 0.3 is 0 Å². The molecule has 1 aromatic rings. The van der Waals surface area contributed by atoms with E-state index in [0.29, 0.717) is 17.9 Å². The maximum absolute atomic E-state index is 11.8. The molecule has 0 aliphatic carbocycles. The van der Waals surface area contributed by atoms with Gasteiger partial charge in [0.15, 0.2) is 18.1 Å². The molecule has 1 unspecified atom stereocenters. The average Bonchev–Trinajstić information content (AvgIpc) is 2.45. The fraction of sp³-hybridized carbons (Fsp3) is 0.500. The second-order valence-corrected chi connectivity index (χ2v) is 4.56. The van der Waals surface area contributed by atoms with Gasteiger partial charge in [-0.05, 0) is 25.5 Å². The monoisotopic (exact) mass is 267 g/mol. The first-order valence-corrected chi connectivity index (χ1v) is 6.22. The highest BCUT2D eigenvalue weighted by atomic mass is 16.5. The van der Waals surface area contributed by atoms with Crippen LogP contribution in [0.2, 0.25) is 0 Å². The average molecular weight is 267 g/mol. The summed E-state index contributed by atoms with van der Waals surface area (Å²) >= 11 is 0. The van der Waals surface area contributed by atoms with E-state index in [-0.39, 0.29) is 19.1 Å². The van der Waals surface area contributed by atoms with Crippen LogP contribution in [-0.2, 0) is 4.79 Å². The predicted molar refractivity (Wildman–Crippen MR) is 72.4 cm³/mol. The fourth-order valence-electron chi connectivity index (χ4n) is 1.49. The van der Waals surface area contributed by atoms with Crippen molar-refractivity contribution in [1.29, 1.82) is 0 Å². The van der Waals surface area contributed by atoms with E-state index in [0.717, 1.165) is 0 Å². The quantitative estimate of drug-likeness (QED) is 0.782. The van der Waals surface area contributed by atoms with Crippen molar-refractivity contribution in [3.05, 3.63) is 24.3 Å². The lowest BCUT2D eigenvalue weighted by Crippen LogP contribution is -2.49.